The molecular weight excluding hydrogens is 267 g/mol. The molecule has 0 unspecified atom stereocenters. The highest BCUT2D eigenvalue weighted by Crippen LogP contribution is 2.42. The molecule has 0 aliphatic heterocycles. The van der Waals surface area contributed by atoms with Crippen LogP contribution in [-0.2, 0) is 4.74 Å². The van der Waals surface area contributed by atoms with Crippen molar-refractivity contribution in [2.24, 2.45) is 0 Å². The van der Waals surface area contributed by atoms with Crippen molar-refractivity contribution in [3.8, 4) is 5.75 Å². The molecule has 1 aromatic heterocycles. The fourth-order valence-electron chi connectivity index (χ4n) is 0.607. The topological polar surface area (TPSA) is 46.5 Å². The number of thiophene rings is 1. The zero-order valence-electron chi connectivity index (χ0n) is 5.93. The lowest BCUT2D eigenvalue weighted by molar-refractivity contribution is 0.0603. The third-order valence-corrected chi connectivity index (χ3v) is 3.70. The summed E-state index contributed by atoms with van der Waals surface area (Å²) in [6.07, 6.45) is 0. The number of rotatable bonds is 1. The number of carbonyl (C=O) groups is 1. The largest absolute Gasteiger partial charge is 0.505 e. The SMILES string of the molecule is COC(=O)c1sc(Br)c(Cl)c1O. The molecule has 0 amide bonds. The van der Waals surface area contributed by atoms with Crippen molar-refractivity contribution in [3.63, 3.8) is 0 Å². The van der Waals surface area contributed by atoms with Gasteiger partial charge in [0, 0.05) is 0 Å². The predicted octanol–water partition coefficient (Wildman–Crippen LogP) is 2.66. The monoisotopic (exact) mass is 270 g/mol. The van der Waals surface area contributed by atoms with Crippen molar-refractivity contribution in [1.82, 2.24) is 0 Å². The number of esters is 1. The molecule has 0 spiro atoms. The summed E-state index contributed by atoms with van der Waals surface area (Å²) in [5, 5.41) is 9.41. The molecule has 0 aliphatic carbocycles. The van der Waals surface area contributed by atoms with E-state index in [1.54, 1.807) is 0 Å². The lowest BCUT2D eigenvalue weighted by atomic mass is 10.4. The number of methoxy groups -OCH3 is 1. The zero-order chi connectivity index (χ0) is 9.30. The summed E-state index contributed by atoms with van der Waals surface area (Å²) < 4.78 is 4.93. The lowest BCUT2D eigenvalue weighted by Crippen LogP contribution is -1.97. The van der Waals surface area contributed by atoms with Crippen LogP contribution in [0.25, 0.3) is 0 Å². The van der Waals surface area contributed by atoms with Gasteiger partial charge >= 0.3 is 5.97 Å². The Balaban J connectivity index is 3.17. The summed E-state index contributed by atoms with van der Waals surface area (Å²) in [4.78, 5) is 11.1. The number of ether oxygens (including phenoxy) is 1. The van der Waals surface area contributed by atoms with Gasteiger partial charge in [-0.3, -0.25) is 0 Å². The Bertz CT molecular complexity index is 323. The molecule has 0 aromatic carbocycles. The molecule has 0 saturated heterocycles. The molecule has 0 fully saturated rings. The van der Waals surface area contributed by atoms with E-state index < -0.39 is 5.97 Å². The van der Waals surface area contributed by atoms with Gasteiger partial charge in [-0.1, -0.05) is 11.6 Å². The summed E-state index contributed by atoms with van der Waals surface area (Å²) in [6, 6.07) is 0. The molecule has 0 aliphatic rings. The first-order valence-corrected chi connectivity index (χ1v) is 4.81. The molecule has 3 nitrogen and oxygen atoms in total. The molecule has 66 valence electrons. The van der Waals surface area contributed by atoms with E-state index in [1.165, 1.54) is 7.11 Å². The van der Waals surface area contributed by atoms with E-state index in [4.69, 9.17) is 11.6 Å². The third-order valence-electron chi connectivity index (χ3n) is 1.16. The Morgan fingerprint density at radius 1 is 1.75 bits per heavy atom. The van der Waals surface area contributed by atoms with Crippen molar-refractivity contribution >= 4 is 44.8 Å². The summed E-state index contributed by atoms with van der Waals surface area (Å²) in [7, 11) is 1.24. The van der Waals surface area contributed by atoms with Gasteiger partial charge in [-0.25, -0.2) is 4.79 Å². The Labute approximate surface area is 86.0 Å². The van der Waals surface area contributed by atoms with Crippen LogP contribution in [0.4, 0.5) is 0 Å². The van der Waals surface area contributed by atoms with Crippen molar-refractivity contribution in [1.29, 1.82) is 0 Å². The molecule has 6 heteroatoms. The summed E-state index contributed by atoms with van der Waals surface area (Å²) in [6.45, 7) is 0. The van der Waals surface area contributed by atoms with Crippen LogP contribution >= 0.6 is 38.9 Å². The van der Waals surface area contributed by atoms with E-state index >= 15 is 0 Å². The van der Waals surface area contributed by atoms with Gasteiger partial charge in [0.2, 0.25) is 0 Å². The normalized spacial score (nSPS) is 9.92. The second-order valence-corrected chi connectivity index (χ2v) is 4.58. The number of halogens is 2. The minimum atomic E-state index is -0.592. The quantitative estimate of drug-likeness (QED) is 0.799. The molecule has 1 aromatic rings. The molecular formula is C6H4BrClO3S. The van der Waals surface area contributed by atoms with Crippen molar-refractivity contribution in [2.45, 2.75) is 0 Å². The van der Waals surface area contributed by atoms with Gasteiger partial charge < -0.3 is 9.84 Å². The van der Waals surface area contributed by atoms with Crippen LogP contribution < -0.4 is 0 Å². The highest BCUT2D eigenvalue weighted by Gasteiger charge is 2.20. The minimum absolute atomic E-state index is 0.106. The second kappa shape index (κ2) is 3.64. The van der Waals surface area contributed by atoms with E-state index in [-0.39, 0.29) is 15.6 Å². The second-order valence-electron chi connectivity index (χ2n) is 1.86. The molecule has 12 heavy (non-hydrogen) atoms. The van der Waals surface area contributed by atoms with Crippen LogP contribution in [0.1, 0.15) is 9.67 Å². The standard InChI is InChI=1S/C6H4BrClO3S/c1-11-6(10)4-3(9)2(8)5(7)12-4/h9H,1H3. The lowest BCUT2D eigenvalue weighted by Gasteiger charge is -1.94. The van der Waals surface area contributed by atoms with Gasteiger partial charge in [0.15, 0.2) is 10.6 Å². The van der Waals surface area contributed by atoms with Crippen LogP contribution in [0.5, 0.6) is 5.75 Å². The maximum absolute atomic E-state index is 10.9. The molecule has 1 heterocycles. The average Bonchev–Trinajstić information content (AvgIpc) is 2.32. The first-order valence-electron chi connectivity index (χ1n) is 2.83. The average molecular weight is 272 g/mol. The molecule has 0 bridgehead atoms. The van der Waals surface area contributed by atoms with E-state index in [9.17, 15) is 9.90 Å². The Kier molecular flexibility index (Phi) is 2.98. The fourth-order valence-corrected chi connectivity index (χ4v) is 2.28. The summed E-state index contributed by atoms with van der Waals surface area (Å²) in [5.41, 5.74) is 0. The molecule has 0 atom stereocenters. The molecule has 1 N–H and O–H groups in total. The number of hydrogen-bond acceptors (Lipinski definition) is 4. The van der Waals surface area contributed by atoms with Gasteiger partial charge in [-0.05, 0) is 15.9 Å². The Morgan fingerprint density at radius 3 is 2.67 bits per heavy atom. The smallest absolute Gasteiger partial charge is 0.351 e. The first kappa shape index (κ1) is 9.83. The summed E-state index contributed by atoms with van der Waals surface area (Å²) >= 11 is 9.72. The van der Waals surface area contributed by atoms with Crippen LogP contribution in [0, 0.1) is 0 Å². The fraction of sp³-hybridized carbons (Fsp3) is 0.167. The minimum Gasteiger partial charge on any atom is -0.505 e. The number of hydrogen-bond donors (Lipinski definition) is 1. The van der Waals surface area contributed by atoms with Gasteiger partial charge in [0.05, 0.1) is 10.9 Å². The van der Waals surface area contributed by atoms with E-state index in [1.807, 2.05) is 0 Å². The molecule has 1 rings (SSSR count). The van der Waals surface area contributed by atoms with Crippen LogP contribution in [0.3, 0.4) is 0 Å². The van der Waals surface area contributed by atoms with E-state index in [2.05, 4.69) is 20.7 Å². The predicted molar refractivity (Wildman–Crippen MR) is 50.0 cm³/mol. The Hall–Kier alpha value is -0.260. The first-order chi connectivity index (χ1) is 5.57. The highest BCUT2D eigenvalue weighted by molar-refractivity contribution is 9.11. The summed E-state index contributed by atoms with van der Waals surface area (Å²) in [5.74, 6) is -0.828. The maximum atomic E-state index is 10.9. The number of aromatic hydroxyl groups is 1. The maximum Gasteiger partial charge on any atom is 0.351 e. The third kappa shape index (κ3) is 1.57. The highest BCUT2D eigenvalue weighted by atomic mass is 79.9. The van der Waals surface area contributed by atoms with Crippen molar-refractivity contribution in [3.05, 3.63) is 13.7 Å². The Morgan fingerprint density at radius 2 is 2.33 bits per heavy atom. The van der Waals surface area contributed by atoms with Crippen molar-refractivity contribution < 1.29 is 14.6 Å². The van der Waals surface area contributed by atoms with Gasteiger partial charge in [-0.15, -0.1) is 11.3 Å². The molecule has 0 radical (unpaired) electrons. The van der Waals surface area contributed by atoms with E-state index in [0.717, 1.165) is 11.3 Å². The van der Waals surface area contributed by atoms with E-state index in [0.29, 0.717) is 3.79 Å². The van der Waals surface area contributed by atoms with Crippen LogP contribution in [0.2, 0.25) is 5.02 Å². The van der Waals surface area contributed by atoms with Gasteiger partial charge in [0.25, 0.3) is 0 Å². The zero-order valence-corrected chi connectivity index (χ0v) is 9.09. The van der Waals surface area contributed by atoms with Gasteiger partial charge in [0.1, 0.15) is 5.02 Å². The van der Waals surface area contributed by atoms with Gasteiger partial charge in [-0.2, -0.15) is 0 Å². The van der Waals surface area contributed by atoms with Crippen molar-refractivity contribution in [2.75, 3.05) is 7.11 Å². The molecule has 0 saturated carbocycles. The number of carbonyl (C=O) groups excluding carboxylic acids is 1. The van der Waals surface area contributed by atoms with Crippen LogP contribution in [0.15, 0.2) is 3.79 Å². The van der Waals surface area contributed by atoms with Crippen LogP contribution in [-0.4, -0.2) is 18.2 Å².